The first-order chi connectivity index (χ1) is 9.32. The molecule has 3 N–H and O–H groups in total. The van der Waals surface area contributed by atoms with Crippen molar-refractivity contribution in [2.75, 3.05) is 5.32 Å². The Bertz CT molecular complexity index is 480. The molecule has 2 atom stereocenters. The SMILES string of the molecule is CC(N)CCCC(C)C(=O)Nc1ccc(Br)c(Cl)c1Cl. The van der Waals surface area contributed by atoms with Crippen molar-refractivity contribution >= 4 is 50.7 Å². The maximum absolute atomic E-state index is 12.1. The van der Waals surface area contributed by atoms with E-state index in [2.05, 4.69) is 21.2 Å². The van der Waals surface area contributed by atoms with Gasteiger partial charge in [-0.25, -0.2) is 0 Å². The number of benzene rings is 1. The third-order valence-corrected chi connectivity index (χ3v) is 4.81. The van der Waals surface area contributed by atoms with Crippen LogP contribution in [0.2, 0.25) is 10.0 Å². The summed E-state index contributed by atoms with van der Waals surface area (Å²) in [5.74, 6) is -0.151. The number of amides is 1. The topological polar surface area (TPSA) is 55.1 Å². The molecule has 0 heterocycles. The average Bonchev–Trinajstić information content (AvgIpc) is 2.38. The predicted octanol–water partition coefficient (Wildman–Crippen LogP) is 4.85. The van der Waals surface area contributed by atoms with E-state index in [4.69, 9.17) is 28.9 Å². The van der Waals surface area contributed by atoms with Gasteiger partial charge in [0.25, 0.3) is 0 Å². The zero-order valence-corrected chi connectivity index (χ0v) is 14.6. The van der Waals surface area contributed by atoms with E-state index >= 15 is 0 Å². The van der Waals surface area contributed by atoms with Crippen LogP contribution >= 0.6 is 39.1 Å². The molecule has 1 aromatic carbocycles. The van der Waals surface area contributed by atoms with Crippen LogP contribution in [-0.4, -0.2) is 11.9 Å². The maximum Gasteiger partial charge on any atom is 0.227 e. The molecule has 0 spiro atoms. The van der Waals surface area contributed by atoms with E-state index in [1.165, 1.54) is 0 Å². The summed E-state index contributed by atoms with van der Waals surface area (Å²) in [6.45, 7) is 3.86. The molecule has 6 heteroatoms. The number of hydrogen-bond acceptors (Lipinski definition) is 2. The highest BCUT2D eigenvalue weighted by atomic mass is 79.9. The van der Waals surface area contributed by atoms with Crippen molar-refractivity contribution in [3.63, 3.8) is 0 Å². The Kier molecular flexibility index (Phi) is 7.30. The van der Waals surface area contributed by atoms with Gasteiger partial charge in [0.2, 0.25) is 5.91 Å². The summed E-state index contributed by atoms with van der Waals surface area (Å²) in [6.07, 6.45) is 2.65. The predicted molar refractivity (Wildman–Crippen MR) is 89.5 cm³/mol. The smallest absolute Gasteiger partial charge is 0.227 e. The first-order valence-electron chi connectivity index (χ1n) is 6.52. The van der Waals surface area contributed by atoms with Gasteiger partial charge in [-0.1, -0.05) is 36.5 Å². The minimum atomic E-state index is -0.0905. The zero-order valence-electron chi connectivity index (χ0n) is 11.6. The van der Waals surface area contributed by atoms with Gasteiger partial charge in [-0.2, -0.15) is 0 Å². The molecular weight excluding hydrogens is 363 g/mol. The second kappa shape index (κ2) is 8.23. The number of rotatable bonds is 6. The highest BCUT2D eigenvalue weighted by molar-refractivity contribution is 9.10. The lowest BCUT2D eigenvalue weighted by Gasteiger charge is -2.14. The van der Waals surface area contributed by atoms with Crippen LogP contribution in [0.5, 0.6) is 0 Å². The van der Waals surface area contributed by atoms with Crippen molar-refractivity contribution in [3.05, 3.63) is 26.7 Å². The van der Waals surface area contributed by atoms with Crippen LogP contribution in [0.25, 0.3) is 0 Å². The normalized spacial score (nSPS) is 13.9. The second-order valence-electron chi connectivity index (χ2n) is 5.02. The number of nitrogens with one attached hydrogen (secondary N) is 1. The maximum atomic E-state index is 12.1. The van der Waals surface area contributed by atoms with E-state index in [1.54, 1.807) is 12.1 Å². The molecule has 0 fully saturated rings. The molecule has 112 valence electrons. The molecule has 0 saturated carbocycles. The van der Waals surface area contributed by atoms with Gasteiger partial charge in [0.05, 0.1) is 15.7 Å². The van der Waals surface area contributed by atoms with Crippen LogP contribution in [0, 0.1) is 5.92 Å². The third-order valence-electron chi connectivity index (χ3n) is 3.04. The van der Waals surface area contributed by atoms with Crippen molar-refractivity contribution in [1.29, 1.82) is 0 Å². The number of nitrogens with two attached hydrogens (primary N) is 1. The monoisotopic (exact) mass is 380 g/mol. The molecule has 3 nitrogen and oxygen atoms in total. The standard InChI is InChI=1S/C14H19BrCl2N2O/c1-8(4-3-5-9(2)18)14(20)19-11-7-6-10(15)12(16)13(11)17/h6-9H,3-5,18H2,1-2H3,(H,19,20). The number of carbonyl (C=O) groups is 1. The largest absolute Gasteiger partial charge is 0.328 e. The Morgan fingerprint density at radius 1 is 1.30 bits per heavy atom. The fourth-order valence-corrected chi connectivity index (χ4v) is 2.58. The van der Waals surface area contributed by atoms with Gasteiger partial charge >= 0.3 is 0 Å². The molecule has 1 aromatic rings. The van der Waals surface area contributed by atoms with Crippen LogP contribution < -0.4 is 11.1 Å². The molecule has 0 saturated heterocycles. The molecule has 2 unspecified atom stereocenters. The van der Waals surface area contributed by atoms with E-state index in [-0.39, 0.29) is 17.9 Å². The summed E-state index contributed by atoms with van der Waals surface area (Å²) in [6, 6.07) is 3.65. The Hall–Kier alpha value is -0.290. The Morgan fingerprint density at radius 2 is 1.95 bits per heavy atom. The molecule has 20 heavy (non-hydrogen) atoms. The Morgan fingerprint density at radius 3 is 2.55 bits per heavy atom. The molecule has 0 aliphatic rings. The molecule has 0 aliphatic heterocycles. The van der Waals surface area contributed by atoms with Gasteiger partial charge in [-0.05, 0) is 47.8 Å². The highest BCUT2D eigenvalue weighted by Gasteiger charge is 2.16. The lowest BCUT2D eigenvalue weighted by molar-refractivity contribution is -0.119. The van der Waals surface area contributed by atoms with Crippen LogP contribution in [0.1, 0.15) is 33.1 Å². The lowest BCUT2D eigenvalue weighted by Crippen LogP contribution is -2.21. The van der Waals surface area contributed by atoms with E-state index in [0.717, 1.165) is 19.3 Å². The van der Waals surface area contributed by atoms with Gasteiger partial charge in [-0.15, -0.1) is 0 Å². The fraction of sp³-hybridized carbons (Fsp3) is 0.500. The van der Waals surface area contributed by atoms with Gasteiger partial charge < -0.3 is 11.1 Å². The summed E-state index contributed by atoms with van der Waals surface area (Å²) in [5.41, 5.74) is 6.22. The van der Waals surface area contributed by atoms with E-state index in [0.29, 0.717) is 20.2 Å². The zero-order chi connectivity index (χ0) is 15.3. The van der Waals surface area contributed by atoms with Crippen molar-refractivity contribution in [3.8, 4) is 0 Å². The summed E-state index contributed by atoms with van der Waals surface area (Å²) in [5, 5.41) is 3.55. The van der Waals surface area contributed by atoms with Gasteiger partial charge in [0.15, 0.2) is 0 Å². The summed E-state index contributed by atoms with van der Waals surface area (Å²) in [4.78, 5) is 12.1. The van der Waals surface area contributed by atoms with E-state index in [1.807, 2.05) is 13.8 Å². The lowest BCUT2D eigenvalue weighted by atomic mass is 10.0. The molecule has 0 bridgehead atoms. The number of hydrogen-bond donors (Lipinski definition) is 2. The first kappa shape index (κ1) is 17.8. The van der Waals surface area contributed by atoms with Gasteiger partial charge in [-0.3, -0.25) is 4.79 Å². The minimum Gasteiger partial charge on any atom is -0.328 e. The summed E-state index contributed by atoms with van der Waals surface area (Å²) >= 11 is 15.4. The Labute approximate surface area is 138 Å². The molecule has 0 radical (unpaired) electrons. The molecule has 1 amide bonds. The highest BCUT2D eigenvalue weighted by Crippen LogP contribution is 2.36. The summed E-state index contributed by atoms with van der Waals surface area (Å²) < 4.78 is 0.701. The van der Waals surface area contributed by atoms with Crippen LogP contribution in [0.15, 0.2) is 16.6 Å². The number of anilines is 1. The third kappa shape index (κ3) is 5.24. The molecular formula is C14H19BrCl2N2O. The Balaban J connectivity index is 2.60. The minimum absolute atomic E-state index is 0.0602. The van der Waals surface area contributed by atoms with Gasteiger partial charge in [0, 0.05) is 16.4 Å². The summed E-state index contributed by atoms with van der Waals surface area (Å²) in [7, 11) is 0. The van der Waals surface area contributed by atoms with E-state index < -0.39 is 0 Å². The molecule has 0 aromatic heterocycles. The van der Waals surface area contributed by atoms with E-state index in [9.17, 15) is 4.79 Å². The van der Waals surface area contributed by atoms with Crippen LogP contribution in [0.4, 0.5) is 5.69 Å². The fourth-order valence-electron chi connectivity index (χ4n) is 1.76. The number of halogens is 3. The molecule has 1 rings (SSSR count). The van der Waals surface area contributed by atoms with Crippen molar-refractivity contribution in [2.45, 2.75) is 39.2 Å². The number of carbonyl (C=O) groups excluding carboxylic acids is 1. The van der Waals surface area contributed by atoms with Crippen molar-refractivity contribution in [2.24, 2.45) is 11.7 Å². The second-order valence-corrected chi connectivity index (χ2v) is 6.63. The van der Waals surface area contributed by atoms with Crippen LogP contribution in [-0.2, 0) is 4.79 Å². The van der Waals surface area contributed by atoms with Gasteiger partial charge in [0.1, 0.15) is 0 Å². The van der Waals surface area contributed by atoms with Crippen molar-refractivity contribution < 1.29 is 4.79 Å². The quantitative estimate of drug-likeness (QED) is 0.692. The molecule has 0 aliphatic carbocycles. The van der Waals surface area contributed by atoms with Crippen LogP contribution in [0.3, 0.4) is 0 Å². The first-order valence-corrected chi connectivity index (χ1v) is 8.07. The van der Waals surface area contributed by atoms with Crippen molar-refractivity contribution in [1.82, 2.24) is 0 Å². The average molecular weight is 382 g/mol.